The van der Waals surface area contributed by atoms with E-state index in [1.165, 1.54) is 0 Å². The molecule has 0 aromatic heterocycles. The van der Waals surface area contributed by atoms with E-state index in [1.807, 2.05) is 23.4 Å². The fourth-order valence-corrected chi connectivity index (χ4v) is 9.82. The highest BCUT2D eigenvalue weighted by molar-refractivity contribution is 7.89. The summed E-state index contributed by atoms with van der Waals surface area (Å²) >= 11 is 0. The first-order valence-electron chi connectivity index (χ1n) is 19.7. The van der Waals surface area contributed by atoms with Crippen LogP contribution < -0.4 is 0 Å². The van der Waals surface area contributed by atoms with E-state index in [-0.39, 0.29) is 33.7 Å². The highest BCUT2D eigenvalue weighted by Gasteiger charge is 2.38. The van der Waals surface area contributed by atoms with Gasteiger partial charge in [-0.05, 0) is 113 Å². The lowest BCUT2D eigenvalue weighted by Crippen LogP contribution is -2.48. The molecule has 0 amide bonds. The molecule has 1 aliphatic rings. The summed E-state index contributed by atoms with van der Waals surface area (Å²) in [6, 6.07) is 15.6. The van der Waals surface area contributed by atoms with Gasteiger partial charge < -0.3 is 10.2 Å². The molecule has 4 rings (SSSR count). The highest BCUT2D eigenvalue weighted by atomic mass is 32.2. The molecule has 52 heavy (non-hydrogen) atoms. The molecule has 288 valence electrons. The second-order valence-electron chi connectivity index (χ2n) is 19.8. The quantitative estimate of drug-likeness (QED) is 0.218. The van der Waals surface area contributed by atoms with Crippen molar-refractivity contribution < 1.29 is 18.6 Å². The molecule has 3 aromatic rings. The van der Waals surface area contributed by atoms with Crippen LogP contribution in [0.4, 0.5) is 0 Å². The summed E-state index contributed by atoms with van der Waals surface area (Å²) < 4.78 is 31.7. The number of aromatic hydroxyl groups is 2. The Morgan fingerprint density at radius 3 is 1.29 bits per heavy atom. The van der Waals surface area contributed by atoms with Crippen molar-refractivity contribution in [2.75, 3.05) is 0 Å². The van der Waals surface area contributed by atoms with Gasteiger partial charge in [-0.2, -0.15) is 4.31 Å². The lowest BCUT2D eigenvalue weighted by molar-refractivity contribution is 0.187. The average Bonchev–Trinajstić information content (AvgIpc) is 3.01. The van der Waals surface area contributed by atoms with Crippen LogP contribution in [0.3, 0.4) is 0 Å². The molecule has 0 unspecified atom stereocenters. The molecular weight excluding hydrogens is 663 g/mol. The second-order valence-corrected chi connectivity index (χ2v) is 21.6. The molecule has 0 radical (unpaired) electrons. The minimum atomic E-state index is -3.81. The molecule has 0 bridgehead atoms. The van der Waals surface area contributed by atoms with E-state index >= 15 is 0 Å². The van der Waals surface area contributed by atoms with Crippen LogP contribution in [0, 0.1) is 6.92 Å². The van der Waals surface area contributed by atoms with E-state index in [0.29, 0.717) is 42.1 Å². The van der Waals surface area contributed by atoms with Crippen LogP contribution in [-0.4, -0.2) is 35.0 Å². The van der Waals surface area contributed by atoms with Gasteiger partial charge in [-0.25, -0.2) is 8.42 Å². The molecule has 5 nitrogen and oxygen atoms in total. The van der Waals surface area contributed by atoms with Crippen molar-refractivity contribution in [2.45, 2.75) is 186 Å². The Hall–Kier alpha value is -2.83. The summed E-state index contributed by atoms with van der Waals surface area (Å²) in [5.74, 6) is 0.727. The molecule has 1 aliphatic carbocycles. The van der Waals surface area contributed by atoms with Gasteiger partial charge in [0.25, 0.3) is 0 Å². The summed E-state index contributed by atoms with van der Waals surface area (Å²) in [6.45, 7) is 27.6. The van der Waals surface area contributed by atoms with E-state index in [4.69, 9.17) is 0 Å². The topological polar surface area (TPSA) is 77.8 Å². The molecule has 0 saturated heterocycles. The lowest BCUT2D eigenvalue weighted by atomic mass is 9.77. The Labute approximate surface area is 317 Å². The number of phenols is 2. The van der Waals surface area contributed by atoms with E-state index in [9.17, 15) is 18.6 Å². The van der Waals surface area contributed by atoms with Crippen LogP contribution in [0.15, 0.2) is 53.4 Å². The summed E-state index contributed by atoms with van der Waals surface area (Å²) in [5, 5.41) is 22.9. The number of benzene rings is 3. The number of rotatable bonds is 10. The Morgan fingerprint density at radius 1 is 0.615 bits per heavy atom. The molecular formula is C46H69NO4S. The first kappa shape index (κ1) is 41.9. The fourth-order valence-electron chi connectivity index (χ4n) is 7.89. The Bertz CT molecular complexity index is 1630. The number of nitrogens with zero attached hydrogens (tertiary/aromatic N) is 1. The van der Waals surface area contributed by atoms with E-state index in [0.717, 1.165) is 71.0 Å². The summed E-state index contributed by atoms with van der Waals surface area (Å²) in [5.41, 5.74) is 5.99. The van der Waals surface area contributed by atoms with Gasteiger partial charge in [0.05, 0.1) is 4.90 Å². The standard InChI is InChI=1S/C46H69NO4S/c1-31-19-25-36(26-20-31)52(50,51)47(34-17-15-14-16-18-34)35(23-21-32-27-37(43(2,3)4)41(48)38(28-32)44(5,6)7)24-22-33-29-39(45(8,9)10)42(49)40(30-33)46(11,12)13/h19-20,25-30,34-35,48-49H,14-18,21-24H2,1-13H3. The Kier molecular flexibility index (Phi) is 12.5. The first-order chi connectivity index (χ1) is 23.8. The third-order valence-corrected chi connectivity index (χ3v) is 13.0. The van der Waals surface area contributed by atoms with Gasteiger partial charge in [-0.3, -0.25) is 0 Å². The zero-order valence-corrected chi connectivity index (χ0v) is 35.5. The highest BCUT2D eigenvalue weighted by Crippen LogP contribution is 2.42. The molecule has 2 N–H and O–H groups in total. The minimum absolute atomic E-state index is 0.0600. The average molecular weight is 732 g/mol. The molecule has 0 spiro atoms. The first-order valence-corrected chi connectivity index (χ1v) is 21.1. The number of sulfonamides is 1. The van der Waals surface area contributed by atoms with Crippen molar-refractivity contribution in [3.8, 4) is 11.5 Å². The van der Waals surface area contributed by atoms with Crippen LogP contribution in [0.2, 0.25) is 0 Å². The molecule has 1 saturated carbocycles. The summed E-state index contributed by atoms with van der Waals surface area (Å²) in [6.07, 6.45) is 7.64. The van der Waals surface area contributed by atoms with Crippen molar-refractivity contribution in [1.82, 2.24) is 4.31 Å². The maximum Gasteiger partial charge on any atom is 0.243 e. The number of aryl methyl sites for hydroxylation is 3. The number of hydrogen-bond donors (Lipinski definition) is 2. The molecule has 1 fully saturated rings. The lowest BCUT2D eigenvalue weighted by Gasteiger charge is -2.39. The maximum atomic E-state index is 14.9. The number of phenolic OH excluding ortho intramolecular Hbond substituents is 2. The largest absolute Gasteiger partial charge is 0.507 e. The zero-order valence-electron chi connectivity index (χ0n) is 34.7. The van der Waals surface area contributed by atoms with Crippen molar-refractivity contribution in [3.63, 3.8) is 0 Å². The smallest absolute Gasteiger partial charge is 0.243 e. The van der Waals surface area contributed by atoms with E-state index in [2.05, 4.69) is 107 Å². The van der Waals surface area contributed by atoms with Gasteiger partial charge in [0, 0.05) is 12.1 Å². The van der Waals surface area contributed by atoms with Gasteiger partial charge >= 0.3 is 0 Å². The Balaban J connectivity index is 1.86. The molecule has 6 heteroatoms. The predicted octanol–water partition coefficient (Wildman–Crippen LogP) is 11.6. The van der Waals surface area contributed by atoms with Crippen LogP contribution >= 0.6 is 0 Å². The predicted molar refractivity (Wildman–Crippen MR) is 219 cm³/mol. The van der Waals surface area contributed by atoms with Crippen molar-refractivity contribution >= 4 is 10.0 Å². The van der Waals surface area contributed by atoms with E-state index < -0.39 is 10.0 Å². The zero-order chi connectivity index (χ0) is 39.0. The SMILES string of the molecule is Cc1ccc(S(=O)(=O)N(C2CCCCC2)C(CCc2cc(C(C)(C)C)c(O)c(C(C)(C)C)c2)CCc2cc(C(C)(C)C)c(O)c(C(C)(C)C)c2)cc1. The van der Waals surface area contributed by atoms with Gasteiger partial charge in [0.15, 0.2) is 0 Å². The minimum Gasteiger partial charge on any atom is -0.507 e. The summed E-state index contributed by atoms with van der Waals surface area (Å²) in [4.78, 5) is 0.359. The number of hydrogen-bond acceptors (Lipinski definition) is 4. The van der Waals surface area contributed by atoms with Crippen molar-refractivity contribution in [3.05, 3.63) is 87.5 Å². The van der Waals surface area contributed by atoms with Gasteiger partial charge in [0.1, 0.15) is 11.5 Å². The monoisotopic (exact) mass is 731 g/mol. The normalized spacial score (nSPS) is 15.5. The summed E-state index contributed by atoms with van der Waals surface area (Å²) in [7, 11) is -3.81. The molecule has 0 heterocycles. The van der Waals surface area contributed by atoms with Gasteiger partial charge in [0.2, 0.25) is 10.0 Å². The van der Waals surface area contributed by atoms with Gasteiger partial charge in [-0.1, -0.05) is 144 Å². The second kappa shape index (κ2) is 15.5. The van der Waals surface area contributed by atoms with E-state index in [1.54, 1.807) is 12.1 Å². The van der Waals surface area contributed by atoms with Crippen molar-refractivity contribution in [2.24, 2.45) is 0 Å². The fraction of sp³-hybridized carbons (Fsp3) is 0.609. The van der Waals surface area contributed by atoms with Crippen LogP contribution in [-0.2, 0) is 44.5 Å². The van der Waals surface area contributed by atoms with Crippen LogP contribution in [0.1, 0.15) is 167 Å². The molecule has 0 aliphatic heterocycles. The molecule has 0 atom stereocenters. The van der Waals surface area contributed by atoms with Crippen LogP contribution in [0.25, 0.3) is 0 Å². The van der Waals surface area contributed by atoms with Crippen molar-refractivity contribution in [1.29, 1.82) is 0 Å². The maximum absolute atomic E-state index is 14.9. The molecule has 3 aromatic carbocycles. The Morgan fingerprint density at radius 2 is 0.962 bits per heavy atom. The van der Waals surface area contributed by atoms with Gasteiger partial charge in [-0.15, -0.1) is 0 Å². The third-order valence-electron chi connectivity index (χ3n) is 11.0. The van der Waals surface area contributed by atoms with Crippen LogP contribution in [0.5, 0.6) is 11.5 Å². The third kappa shape index (κ3) is 9.82.